The van der Waals surface area contributed by atoms with Crippen molar-refractivity contribution in [1.82, 2.24) is 15.3 Å². The standard InChI is InChI=1S/C11H23N3O/c1-2-4-12-11-3-5-14(10-11)13-6-8-15-9-7-13/h11-12H,2-10H2,1H3. The first kappa shape index (κ1) is 11.3. The molecule has 88 valence electrons. The van der Waals surface area contributed by atoms with Gasteiger partial charge in [0.05, 0.1) is 13.2 Å². The second-order valence-corrected chi connectivity index (χ2v) is 4.42. The van der Waals surface area contributed by atoms with Gasteiger partial charge in [-0.3, -0.25) is 0 Å². The first-order chi connectivity index (χ1) is 7.40. The number of hydrazine groups is 1. The van der Waals surface area contributed by atoms with E-state index in [4.69, 9.17) is 4.74 Å². The molecule has 0 aromatic rings. The SMILES string of the molecule is CCCNC1CCN(N2CCOCC2)C1. The van der Waals surface area contributed by atoms with Crippen molar-refractivity contribution >= 4 is 0 Å². The molecule has 0 aromatic carbocycles. The molecule has 1 N–H and O–H groups in total. The molecule has 2 fully saturated rings. The highest BCUT2D eigenvalue weighted by Crippen LogP contribution is 2.13. The van der Waals surface area contributed by atoms with E-state index in [0.717, 1.165) is 32.8 Å². The Kier molecular flexibility index (Phi) is 4.38. The molecule has 2 aliphatic rings. The van der Waals surface area contributed by atoms with E-state index in [9.17, 15) is 0 Å². The van der Waals surface area contributed by atoms with Gasteiger partial charge < -0.3 is 10.1 Å². The van der Waals surface area contributed by atoms with Crippen LogP contribution in [0.2, 0.25) is 0 Å². The number of ether oxygens (including phenoxy) is 1. The second-order valence-electron chi connectivity index (χ2n) is 4.42. The minimum atomic E-state index is 0.702. The first-order valence-electron chi connectivity index (χ1n) is 6.21. The summed E-state index contributed by atoms with van der Waals surface area (Å²) in [5.74, 6) is 0. The van der Waals surface area contributed by atoms with Crippen molar-refractivity contribution < 1.29 is 4.74 Å². The summed E-state index contributed by atoms with van der Waals surface area (Å²) >= 11 is 0. The van der Waals surface area contributed by atoms with Crippen LogP contribution in [0.5, 0.6) is 0 Å². The lowest BCUT2D eigenvalue weighted by Crippen LogP contribution is -2.48. The molecule has 2 rings (SSSR count). The minimum absolute atomic E-state index is 0.702. The van der Waals surface area contributed by atoms with Crippen LogP contribution in [0.25, 0.3) is 0 Å². The highest BCUT2D eigenvalue weighted by Gasteiger charge is 2.27. The van der Waals surface area contributed by atoms with Gasteiger partial charge in [-0.15, -0.1) is 0 Å². The van der Waals surface area contributed by atoms with Crippen LogP contribution in [0.4, 0.5) is 0 Å². The lowest BCUT2D eigenvalue weighted by atomic mass is 10.2. The monoisotopic (exact) mass is 213 g/mol. The highest BCUT2D eigenvalue weighted by atomic mass is 16.5. The molecule has 15 heavy (non-hydrogen) atoms. The summed E-state index contributed by atoms with van der Waals surface area (Å²) in [5, 5.41) is 8.55. The molecule has 0 aromatic heterocycles. The Balaban J connectivity index is 1.71. The molecule has 4 nitrogen and oxygen atoms in total. The first-order valence-corrected chi connectivity index (χ1v) is 6.21. The van der Waals surface area contributed by atoms with Gasteiger partial charge in [0.1, 0.15) is 0 Å². The van der Waals surface area contributed by atoms with E-state index in [2.05, 4.69) is 22.3 Å². The molecular weight excluding hydrogens is 190 g/mol. The summed E-state index contributed by atoms with van der Waals surface area (Å²) in [5.41, 5.74) is 0. The Bertz CT molecular complexity index is 183. The van der Waals surface area contributed by atoms with Crippen molar-refractivity contribution in [3.63, 3.8) is 0 Å². The Morgan fingerprint density at radius 2 is 2.00 bits per heavy atom. The fourth-order valence-electron chi connectivity index (χ4n) is 2.35. The van der Waals surface area contributed by atoms with E-state index in [0.29, 0.717) is 6.04 Å². The molecule has 1 atom stereocenters. The van der Waals surface area contributed by atoms with Crippen LogP contribution in [0.1, 0.15) is 19.8 Å². The van der Waals surface area contributed by atoms with E-state index >= 15 is 0 Å². The molecule has 0 spiro atoms. The third kappa shape index (κ3) is 3.14. The zero-order valence-corrected chi connectivity index (χ0v) is 9.74. The van der Waals surface area contributed by atoms with Gasteiger partial charge in [0.15, 0.2) is 0 Å². The lowest BCUT2D eigenvalue weighted by molar-refractivity contribution is -0.0782. The van der Waals surface area contributed by atoms with Crippen LogP contribution in [0.15, 0.2) is 0 Å². The molecule has 0 aliphatic carbocycles. The fourth-order valence-corrected chi connectivity index (χ4v) is 2.35. The van der Waals surface area contributed by atoms with E-state index in [-0.39, 0.29) is 0 Å². The van der Waals surface area contributed by atoms with Crippen molar-refractivity contribution in [2.75, 3.05) is 45.9 Å². The summed E-state index contributed by atoms with van der Waals surface area (Å²) in [4.78, 5) is 0. The third-order valence-electron chi connectivity index (χ3n) is 3.24. The molecule has 0 amide bonds. The normalized spacial score (nSPS) is 29.8. The molecule has 2 saturated heterocycles. The zero-order valence-electron chi connectivity index (χ0n) is 9.74. The Morgan fingerprint density at radius 3 is 2.73 bits per heavy atom. The number of nitrogens with zero attached hydrogens (tertiary/aromatic N) is 2. The van der Waals surface area contributed by atoms with Gasteiger partial charge in [-0.1, -0.05) is 6.92 Å². The zero-order chi connectivity index (χ0) is 10.5. The van der Waals surface area contributed by atoms with Crippen molar-refractivity contribution in [3.8, 4) is 0 Å². The molecule has 4 heteroatoms. The van der Waals surface area contributed by atoms with Crippen LogP contribution in [-0.2, 0) is 4.74 Å². The maximum atomic E-state index is 5.37. The van der Waals surface area contributed by atoms with Crippen LogP contribution >= 0.6 is 0 Å². The average molecular weight is 213 g/mol. The van der Waals surface area contributed by atoms with Gasteiger partial charge in [0.2, 0.25) is 0 Å². The maximum Gasteiger partial charge on any atom is 0.0608 e. The van der Waals surface area contributed by atoms with Crippen LogP contribution in [-0.4, -0.2) is 62.0 Å². The number of nitrogens with one attached hydrogen (secondary N) is 1. The van der Waals surface area contributed by atoms with Crippen LogP contribution in [0, 0.1) is 0 Å². The Labute approximate surface area is 92.5 Å². The average Bonchev–Trinajstić information content (AvgIpc) is 2.76. The molecule has 0 bridgehead atoms. The van der Waals surface area contributed by atoms with E-state index in [1.54, 1.807) is 0 Å². The van der Waals surface area contributed by atoms with Gasteiger partial charge in [-0.2, -0.15) is 0 Å². The maximum absolute atomic E-state index is 5.37. The topological polar surface area (TPSA) is 27.7 Å². The highest BCUT2D eigenvalue weighted by molar-refractivity contribution is 4.80. The van der Waals surface area contributed by atoms with Gasteiger partial charge >= 0.3 is 0 Å². The molecule has 0 saturated carbocycles. The van der Waals surface area contributed by atoms with Crippen molar-refractivity contribution in [2.45, 2.75) is 25.8 Å². The van der Waals surface area contributed by atoms with Crippen LogP contribution < -0.4 is 5.32 Å². The van der Waals surface area contributed by atoms with Gasteiger partial charge in [-0.25, -0.2) is 10.0 Å². The van der Waals surface area contributed by atoms with Crippen molar-refractivity contribution in [1.29, 1.82) is 0 Å². The quantitative estimate of drug-likeness (QED) is 0.727. The minimum Gasteiger partial charge on any atom is -0.379 e. The summed E-state index contributed by atoms with van der Waals surface area (Å²) in [6.07, 6.45) is 2.52. The lowest BCUT2D eigenvalue weighted by Gasteiger charge is -2.34. The summed E-state index contributed by atoms with van der Waals surface area (Å²) < 4.78 is 5.37. The Morgan fingerprint density at radius 1 is 1.20 bits per heavy atom. The molecule has 1 unspecified atom stereocenters. The van der Waals surface area contributed by atoms with Gasteiger partial charge in [-0.05, 0) is 19.4 Å². The number of hydrogen-bond donors (Lipinski definition) is 1. The van der Waals surface area contributed by atoms with E-state index < -0.39 is 0 Å². The van der Waals surface area contributed by atoms with Gasteiger partial charge in [0.25, 0.3) is 0 Å². The molecular formula is C11H23N3O. The number of rotatable bonds is 4. The Hall–Kier alpha value is -0.160. The van der Waals surface area contributed by atoms with E-state index in [1.807, 2.05) is 0 Å². The second kappa shape index (κ2) is 5.80. The van der Waals surface area contributed by atoms with Gasteiger partial charge in [0, 0.05) is 32.2 Å². The smallest absolute Gasteiger partial charge is 0.0608 e. The third-order valence-corrected chi connectivity index (χ3v) is 3.24. The number of morpholine rings is 1. The number of hydrogen-bond acceptors (Lipinski definition) is 4. The molecule has 2 aliphatic heterocycles. The van der Waals surface area contributed by atoms with Crippen molar-refractivity contribution in [2.24, 2.45) is 0 Å². The summed E-state index contributed by atoms with van der Waals surface area (Å²) in [6, 6.07) is 0.702. The van der Waals surface area contributed by atoms with Crippen LogP contribution in [0.3, 0.4) is 0 Å². The predicted octanol–water partition coefficient (Wildman–Crippen LogP) is 0.308. The predicted molar refractivity (Wildman–Crippen MR) is 60.7 cm³/mol. The van der Waals surface area contributed by atoms with Crippen molar-refractivity contribution in [3.05, 3.63) is 0 Å². The summed E-state index contributed by atoms with van der Waals surface area (Å²) in [7, 11) is 0. The molecule has 2 heterocycles. The fraction of sp³-hybridized carbons (Fsp3) is 1.00. The summed E-state index contributed by atoms with van der Waals surface area (Å²) in [6.45, 7) is 9.69. The molecule has 0 radical (unpaired) electrons. The largest absolute Gasteiger partial charge is 0.379 e. The van der Waals surface area contributed by atoms with E-state index in [1.165, 1.54) is 25.9 Å².